The van der Waals surface area contributed by atoms with E-state index in [1.54, 1.807) is 0 Å². The highest BCUT2D eigenvalue weighted by Gasteiger charge is 2.20. The molecule has 0 saturated heterocycles. The van der Waals surface area contributed by atoms with Crippen molar-refractivity contribution in [1.82, 2.24) is 0 Å². The first-order chi connectivity index (χ1) is 30.2. The van der Waals surface area contributed by atoms with Gasteiger partial charge in [-0.2, -0.15) is 0 Å². The molecular formula is C60H41N. The van der Waals surface area contributed by atoms with E-state index in [9.17, 15) is 0 Å². The average Bonchev–Trinajstić information content (AvgIpc) is 3.34. The lowest BCUT2D eigenvalue weighted by Crippen LogP contribution is -2.11. The Bertz CT molecular complexity index is 3320. The molecule has 0 aliphatic heterocycles. The van der Waals surface area contributed by atoms with E-state index >= 15 is 0 Å². The second-order valence-corrected chi connectivity index (χ2v) is 15.7. The van der Waals surface area contributed by atoms with Crippen molar-refractivity contribution in [2.24, 2.45) is 0 Å². The quantitative estimate of drug-likeness (QED) is 0.149. The molecule has 0 bridgehead atoms. The van der Waals surface area contributed by atoms with Gasteiger partial charge in [-0.1, -0.05) is 212 Å². The fourth-order valence-corrected chi connectivity index (χ4v) is 8.94. The molecule has 0 aromatic heterocycles. The zero-order valence-electron chi connectivity index (χ0n) is 33.6. The molecule has 0 heterocycles. The maximum absolute atomic E-state index is 2.43. The minimum absolute atomic E-state index is 1.09. The van der Waals surface area contributed by atoms with E-state index in [2.05, 4.69) is 254 Å². The van der Waals surface area contributed by atoms with Crippen molar-refractivity contribution in [1.29, 1.82) is 0 Å². The topological polar surface area (TPSA) is 3.24 Å². The van der Waals surface area contributed by atoms with E-state index < -0.39 is 0 Å². The molecule has 1 nitrogen and oxygen atoms in total. The molecule has 11 aromatic carbocycles. The van der Waals surface area contributed by atoms with E-state index in [0.717, 1.165) is 22.6 Å². The molecule has 0 unspecified atom stereocenters. The molecule has 11 rings (SSSR count). The maximum atomic E-state index is 2.43. The van der Waals surface area contributed by atoms with Crippen LogP contribution in [0.15, 0.2) is 249 Å². The molecular weight excluding hydrogens is 735 g/mol. The van der Waals surface area contributed by atoms with Gasteiger partial charge in [0, 0.05) is 16.9 Å². The molecule has 286 valence electrons. The second-order valence-electron chi connectivity index (χ2n) is 15.7. The van der Waals surface area contributed by atoms with Crippen molar-refractivity contribution < 1.29 is 0 Å². The molecule has 0 fully saturated rings. The molecule has 0 amide bonds. The van der Waals surface area contributed by atoms with Crippen molar-refractivity contribution >= 4 is 49.4 Å². The maximum Gasteiger partial charge on any atom is 0.0546 e. The van der Waals surface area contributed by atoms with Crippen LogP contribution in [0.3, 0.4) is 0 Å². The van der Waals surface area contributed by atoms with Crippen LogP contribution in [0.2, 0.25) is 0 Å². The summed E-state index contributed by atoms with van der Waals surface area (Å²) in [6.45, 7) is 0. The van der Waals surface area contributed by atoms with Crippen LogP contribution in [-0.2, 0) is 0 Å². The van der Waals surface area contributed by atoms with E-state index in [4.69, 9.17) is 0 Å². The standard InChI is InChI=1S/C60H41N/c1-2-13-48(14-3-1)59-39-34-52(58-23-11-19-47-16-7-9-21-56(47)58)41-60(59)61(54-37-32-45(33-38-54)51-29-26-42-12-4-5-17-50(42)40-51)53-35-30-44(31-36-53)43-24-27-49(28-25-43)57-22-10-18-46-15-6-8-20-55(46)57/h1-41H. The summed E-state index contributed by atoms with van der Waals surface area (Å²) in [5, 5.41) is 7.49. The summed E-state index contributed by atoms with van der Waals surface area (Å²) in [6, 6.07) is 90.5. The monoisotopic (exact) mass is 775 g/mol. The Kier molecular flexibility index (Phi) is 9.26. The Morgan fingerprint density at radius 1 is 0.213 bits per heavy atom. The molecule has 0 atom stereocenters. The van der Waals surface area contributed by atoms with Gasteiger partial charge < -0.3 is 4.90 Å². The van der Waals surface area contributed by atoms with Gasteiger partial charge in [-0.25, -0.2) is 0 Å². The minimum atomic E-state index is 1.09. The fraction of sp³-hybridized carbons (Fsp3) is 0. The lowest BCUT2D eigenvalue weighted by Gasteiger charge is -2.29. The number of benzene rings is 11. The Hall–Kier alpha value is -8.00. The first kappa shape index (κ1) is 36.1. The number of fused-ring (bicyclic) bond motifs is 3. The molecule has 0 aliphatic carbocycles. The smallest absolute Gasteiger partial charge is 0.0546 e. The third-order valence-electron chi connectivity index (χ3n) is 12.1. The van der Waals surface area contributed by atoms with E-state index in [1.807, 2.05) is 0 Å². The lowest BCUT2D eigenvalue weighted by molar-refractivity contribution is 1.28. The van der Waals surface area contributed by atoms with Crippen LogP contribution in [0, 0.1) is 0 Å². The summed E-state index contributed by atoms with van der Waals surface area (Å²) in [5.74, 6) is 0. The SMILES string of the molecule is c1ccc(-c2ccc(-c3cccc4ccccc34)cc2N(c2ccc(-c3ccc(-c4cccc5ccccc45)cc3)cc2)c2ccc(-c3ccc4ccccc4c3)cc2)cc1. The van der Waals surface area contributed by atoms with Gasteiger partial charge in [-0.3, -0.25) is 0 Å². The number of hydrogen-bond acceptors (Lipinski definition) is 1. The molecule has 1 heteroatoms. The van der Waals surface area contributed by atoms with Gasteiger partial charge in [0.15, 0.2) is 0 Å². The highest BCUT2D eigenvalue weighted by Crippen LogP contribution is 2.45. The highest BCUT2D eigenvalue weighted by atomic mass is 15.1. The fourth-order valence-electron chi connectivity index (χ4n) is 8.94. The van der Waals surface area contributed by atoms with E-state index in [-0.39, 0.29) is 0 Å². The van der Waals surface area contributed by atoms with E-state index in [1.165, 1.54) is 82.4 Å². The van der Waals surface area contributed by atoms with Crippen LogP contribution in [0.4, 0.5) is 17.1 Å². The third-order valence-corrected chi connectivity index (χ3v) is 12.1. The van der Waals surface area contributed by atoms with Gasteiger partial charge >= 0.3 is 0 Å². The largest absolute Gasteiger partial charge is 0.310 e. The van der Waals surface area contributed by atoms with Crippen LogP contribution >= 0.6 is 0 Å². The highest BCUT2D eigenvalue weighted by molar-refractivity contribution is 6.00. The molecule has 0 spiro atoms. The molecule has 0 aliphatic rings. The van der Waals surface area contributed by atoms with Gasteiger partial charge in [0.1, 0.15) is 0 Å². The van der Waals surface area contributed by atoms with Crippen LogP contribution in [0.1, 0.15) is 0 Å². The van der Waals surface area contributed by atoms with Gasteiger partial charge in [0.05, 0.1) is 5.69 Å². The van der Waals surface area contributed by atoms with Crippen molar-refractivity contribution in [2.45, 2.75) is 0 Å². The third kappa shape index (κ3) is 6.93. The molecule has 0 saturated carbocycles. The van der Waals surface area contributed by atoms with Crippen LogP contribution in [0.5, 0.6) is 0 Å². The summed E-state index contributed by atoms with van der Waals surface area (Å²) in [5.41, 5.74) is 15.2. The zero-order chi connectivity index (χ0) is 40.5. The zero-order valence-corrected chi connectivity index (χ0v) is 33.6. The Balaban J connectivity index is 1.03. The van der Waals surface area contributed by atoms with Crippen LogP contribution < -0.4 is 4.90 Å². The van der Waals surface area contributed by atoms with E-state index in [0.29, 0.717) is 0 Å². The van der Waals surface area contributed by atoms with Gasteiger partial charge in [0.25, 0.3) is 0 Å². The van der Waals surface area contributed by atoms with Crippen molar-refractivity contribution in [3.63, 3.8) is 0 Å². The molecule has 11 aromatic rings. The summed E-state index contributed by atoms with van der Waals surface area (Å²) in [4.78, 5) is 2.43. The summed E-state index contributed by atoms with van der Waals surface area (Å²) in [7, 11) is 0. The molecule has 0 N–H and O–H groups in total. The predicted octanol–water partition coefficient (Wildman–Crippen LogP) is 17.0. The van der Waals surface area contributed by atoms with Gasteiger partial charge in [-0.05, 0) is 119 Å². The Morgan fingerprint density at radius 3 is 1.26 bits per heavy atom. The van der Waals surface area contributed by atoms with Crippen molar-refractivity contribution in [3.05, 3.63) is 249 Å². The number of rotatable bonds is 8. The first-order valence-electron chi connectivity index (χ1n) is 21.0. The summed E-state index contributed by atoms with van der Waals surface area (Å²) < 4.78 is 0. The second kappa shape index (κ2) is 15.6. The van der Waals surface area contributed by atoms with Gasteiger partial charge in [-0.15, -0.1) is 0 Å². The summed E-state index contributed by atoms with van der Waals surface area (Å²) >= 11 is 0. The predicted molar refractivity (Wildman–Crippen MR) is 261 cm³/mol. The van der Waals surface area contributed by atoms with Crippen LogP contribution in [0.25, 0.3) is 88.0 Å². The van der Waals surface area contributed by atoms with Crippen LogP contribution in [-0.4, -0.2) is 0 Å². The Labute approximate surface area is 357 Å². The lowest BCUT2D eigenvalue weighted by atomic mass is 9.94. The number of anilines is 3. The minimum Gasteiger partial charge on any atom is -0.310 e. The normalized spacial score (nSPS) is 11.3. The van der Waals surface area contributed by atoms with Crippen molar-refractivity contribution in [3.8, 4) is 55.6 Å². The van der Waals surface area contributed by atoms with Crippen molar-refractivity contribution in [2.75, 3.05) is 4.90 Å². The number of nitrogens with zero attached hydrogens (tertiary/aromatic N) is 1. The van der Waals surface area contributed by atoms with Gasteiger partial charge in [0.2, 0.25) is 0 Å². The molecule has 0 radical (unpaired) electrons. The number of hydrogen-bond donors (Lipinski definition) is 0. The molecule has 61 heavy (non-hydrogen) atoms. The first-order valence-corrected chi connectivity index (χ1v) is 21.0. The summed E-state index contributed by atoms with van der Waals surface area (Å²) in [6.07, 6.45) is 0. The average molecular weight is 776 g/mol. The Morgan fingerprint density at radius 2 is 0.639 bits per heavy atom.